The summed E-state index contributed by atoms with van der Waals surface area (Å²) in [6.07, 6.45) is 22.6. The monoisotopic (exact) mass is 1050 g/mol. The minimum Gasteiger partial charge on any atom is -0.306 e. The third kappa shape index (κ3) is 17.3. The summed E-state index contributed by atoms with van der Waals surface area (Å²) in [5.74, 6) is 2.31. The van der Waals surface area contributed by atoms with Crippen LogP contribution in [0, 0.1) is 23.7 Å². The molecule has 16 nitrogen and oxygen atoms in total. The topological polar surface area (TPSA) is 153 Å². The van der Waals surface area contributed by atoms with Crippen molar-refractivity contribution >= 4 is 46.4 Å². The van der Waals surface area contributed by atoms with E-state index in [9.17, 15) is 19.2 Å². The molecule has 4 aromatic heterocycles. The summed E-state index contributed by atoms with van der Waals surface area (Å²) in [7, 11) is 15.1. The first kappa shape index (κ1) is 57.4. The Kier molecular flexibility index (Phi) is 23.1. The van der Waals surface area contributed by atoms with Crippen molar-refractivity contribution in [3.63, 3.8) is 0 Å². The van der Waals surface area contributed by atoms with Crippen LogP contribution >= 0.6 is 46.4 Å². The van der Waals surface area contributed by atoms with Crippen molar-refractivity contribution in [1.82, 2.24) is 58.7 Å². The van der Waals surface area contributed by atoms with Crippen LogP contribution in [0.5, 0.6) is 0 Å². The highest BCUT2D eigenvalue weighted by Gasteiger charge is 2.23. The van der Waals surface area contributed by atoms with Gasteiger partial charge in [-0.2, -0.15) is 20.4 Å². The average molecular weight is 1050 g/mol. The van der Waals surface area contributed by atoms with Crippen molar-refractivity contribution < 1.29 is 0 Å². The fraction of sp³-hybridized carbons (Fsp3) is 0.680. The molecular formula is C50H76Cl4N12O4. The molecule has 20 heteroatoms. The molecule has 4 aromatic rings. The first-order chi connectivity index (χ1) is 33.3. The third-order valence-corrected chi connectivity index (χ3v) is 15.6. The lowest BCUT2D eigenvalue weighted by Gasteiger charge is -2.29. The predicted octanol–water partition coefficient (Wildman–Crippen LogP) is 6.05. The van der Waals surface area contributed by atoms with E-state index in [1.165, 1.54) is 109 Å². The van der Waals surface area contributed by atoms with Crippen LogP contribution in [-0.4, -0.2) is 139 Å². The highest BCUT2D eigenvalue weighted by molar-refractivity contribution is 6.32. The molecule has 4 aliphatic rings. The van der Waals surface area contributed by atoms with Gasteiger partial charge < -0.3 is 19.6 Å². The molecule has 0 N–H and O–H groups in total. The van der Waals surface area contributed by atoms with Crippen LogP contribution in [0.25, 0.3) is 0 Å². The summed E-state index contributed by atoms with van der Waals surface area (Å²) in [5, 5.41) is 17.5. The van der Waals surface area contributed by atoms with Gasteiger partial charge in [-0.25, -0.2) is 18.7 Å². The first-order valence-electron chi connectivity index (χ1n) is 24.9. The average Bonchev–Trinajstić information content (AvgIpc) is 3.68. The van der Waals surface area contributed by atoms with Gasteiger partial charge in [0, 0.05) is 54.4 Å². The number of hydrogen-bond acceptors (Lipinski definition) is 12. The molecule has 4 saturated heterocycles. The maximum Gasteiger partial charge on any atom is 0.285 e. The van der Waals surface area contributed by atoms with Crippen molar-refractivity contribution in [2.45, 2.75) is 89.9 Å². The van der Waals surface area contributed by atoms with E-state index in [2.05, 4.69) is 68.2 Å². The van der Waals surface area contributed by atoms with Crippen molar-refractivity contribution in [3.8, 4) is 0 Å². The Labute approximate surface area is 433 Å². The molecule has 0 bridgehead atoms. The fourth-order valence-corrected chi connectivity index (χ4v) is 11.1. The van der Waals surface area contributed by atoms with E-state index in [-0.39, 0.29) is 22.2 Å². The molecule has 8 heterocycles. The highest BCUT2D eigenvalue weighted by Crippen LogP contribution is 2.25. The fourth-order valence-electron chi connectivity index (χ4n) is 10.1. The van der Waals surface area contributed by atoms with E-state index in [4.69, 9.17) is 46.4 Å². The van der Waals surface area contributed by atoms with Gasteiger partial charge >= 0.3 is 0 Å². The Hall–Kier alpha value is -3.48. The van der Waals surface area contributed by atoms with Gasteiger partial charge in [-0.3, -0.25) is 19.2 Å². The van der Waals surface area contributed by atoms with Gasteiger partial charge in [0.25, 0.3) is 22.2 Å². The summed E-state index contributed by atoms with van der Waals surface area (Å²) in [6.45, 7) is 8.96. The molecule has 0 aliphatic carbocycles. The van der Waals surface area contributed by atoms with E-state index in [1.54, 1.807) is 53.0 Å². The van der Waals surface area contributed by atoms with Gasteiger partial charge in [-0.1, -0.05) is 59.2 Å². The maximum atomic E-state index is 11.7. The number of piperidine rings is 2. The molecule has 4 atom stereocenters. The predicted molar refractivity (Wildman–Crippen MR) is 283 cm³/mol. The number of aromatic nitrogens is 8. The van der Waals surface area contributed by atoms with Crippen molar-refractivity contribution in [2.75, 3.05) is 80.5 Å². The number of halogens is 4. The van der Waals surface area contributed by atoms with Crippen LogP contribution in [0.15, 0.2) is 44.0 Å². The summed E-state index contributed by atoms with van der Waals surface area (Å²) in [5.41, 5.74) is 2.75. The molecule has 0 amide bonds. The van der Waals surface area contributed by atoms with E-state index in [0.717, 1.165) is 74.1 Å². The normalized spacial score (nSPS) is 21.8. The zero-order valence-electron chi connectivity index (χ0n) is 42.7. The van der Waals surface area contributed by atoms with Gasteiger partial charge in [0.05, 0.1) is 24.8 Å². The molecule has 4 aliphatic heterocycles. The Morgan fingerprint density at radius 1 is 0.371 bits per heavy atom. The second kappa shape index (κ2) is 28.1. The standard InChI is InChI=1S/2C13H20ClN3O.2C12H18ClN3O/c2*1-16-6-4-3-5-10(9-16)7-11-8-15-17(2)13(18)12(11)14;2*1-15-5-3-4-9(8-15)6-10-7-14-16(2)12(17)11(10)13/h2*8,10H,3-7,9H2,1-2H3;2*7,9H,3-6,8H2,1-2H3/t2*10-;2*9-/m1010/s1. The lowest BCUT2D eigenvalue weighted by atomic mass is 9.92. The van der Waals surface area contributed by atoms with E-state index in [1.807, 2.05) is 0 Å². The van der Waals surface area contributed by atoms with Crippen LogP contribution in [0.4, 0.5) is 0 Å². The van der Waals surface area contributed by atoms with Gasteiger partial charge in [0.2, 0.25) is 0 Å². The molecule has 70 heavy (non-hydrogen) atoms. The Morgan fingerprint density at radius 3 is 0.814 bits per heavy atom. The first-order valence-corrected chi connectivity index (χ1v) is 26.4. The molecule has 8 rings (SSSR count). The Bertz CT molecular complexity index is 2380. The van der Waals surface area contributed by atoms with Crippen LogP contribution in [-0.2, 0) is 53.9 Å². The Balaban J connectivity index is 0.000000174. The van der Waals surface area contributed by atoms with Crippen LogP contribution in [0.2, 0.25) is 20.1 Å². The SMILES string of the molecule is CN1CCCC[C@@H](Cc2cnn(C)c(=O)c2Cl)C1.CN1CCCC[C@H](Cc2cnn(C)c(=O)c2Cl)C1.CN1CCC[C@@H](Cc2cnn(C)c(=O)c2Cl)C1.CN1CCC[C@H](Cc2cnn(C)c(=O)c2Cl)C1. The second-order valence-electron chi connectivity index (χ2n) is 20.3. The van der Waals surface area contributed by atoms with Crippen molar-refractivity contribution in [3.05, 3.63) is 109 Å². The van der Waals surface area contributed by atoms with Gasteiger partial charge in [-0.15, -0.1) is 0 Å². The molecule has 4 fully saturated rings. The molecule has 388 valence electrons. The number of aryl methyl sites for hydroxylation is 4. The van der Waals surface area contributed by atoms with Gasteiger partial charge in [0.1, 0.15) is 20.1 Å². The van der Waals surface area contributed by atoms with Crippen LogP contribution in [0.1, 0.15) is 86.5 Å². The van der Waals surface area contributed by atoms with Crippen molar-refractivity contribution in [2.24, 2.45) is 51.9 Å². The number of rotatable bonds is 8. The molecule has 0 unspecified atom stereocenters. The molecular weight excluding hydrogens is 974 g/mol. The molecule has 0 spiro atoms. The van der Waals surface area contributed by atoms with Crippen LogP contribution < -0.4 is 22.2 Å². The lowest BCUT2D eigenvalue weighted by Crippen LogP contribution is -2.33. The van der Waals surface area contributed by atoms with E-state index < -0.39 is 0 Å². The molecule has 0 aromatic carbocycles. The Morgan fingerprint density at radius 2 is 0.586 bits per heavy atom. The van der Waals surface area contributed by atoms with Crippen molar-refractivity contribution in [1.29, 1.82) is 0 Å². The largest absolute Gasteiger partial charge is 0.306 e. The third-order valence-electron chi connectivity index (χ3n) is 14.0. The molecule has 0 radical (unpaired) electrons. The minimum absolute atomic E-state index is 0.198. The quantitative estimate of drug-likeness (QED) is 0.202. The lowest BCUT2D eigenvalue weighted by molar-refractivity contribution is 0.209. The molecule has 0 saturated carbocycles. The summed E-state index contributed by atoms with van der Waals surface area (Å²) >= 11 is 24.4. The highest BCUT2D eigenvalue weighted by atomic mass is 35.5. The second-order valence-corrected chi connectivity index (χ2v) is 21.8. The summed E-state index contributed by atoms with van der Waals surface area (Å²) in [6, 6.07) is 0. The maximum absolute atomic E-state index is 11.7. The summed E-state index contributed by atoms with van der Waals surface area (Å²) in [4.78, 5) is 56.1. The number of hydrogen-bond donors (Lipinski definition) is 0. The van der Waals surface area contributed by atoms with E-state index in [0.29, 0.717) is 43.8 Å². The van der Waals surface area contributed by atoms with Crippen LogP contribution in [0.3, 0.4) is 0 Å². The zero-order chi connectivity index (χ0) is 51.1. The zero-order valence-corrected chi connectivity index (χ0v) is 45.7. The number of nitrogens with zero attached hydrogens (tertiary/aromatic N) is 12. The van der Waals surface area contributed by atoms with E-state index >= 15 is 0 Å². The number of likely N-dealkylation sites (tertiary alicyclic amines) is 4. The van der Waals surface area contributed by atoms with Gasteiger partial charge in [-0.05, 0) is 177 Å². The smallest absolute Gasteiger partial charge is 0.285 e. The minimum atomic E-state index is -0.201. The summed E-state index contributed by atoms with van der Waals surface area (Å²) < 4.78 is 5.12. The van der Waals surface area contributed by atoms with Gasteiger partial charge in [0.15, 0.2) is 0 Å².